The molecule has 3 aliphatic rings. The molecular formula is C28H33N7O4. The van der Waals surface area contributed by atoms with Crippen molar-refractivity contribution in [3.05, 3.63) is 48.5 Å². The van der Waals surface area contributed by atoms with Crippen molar-refractivity contribution < 1.29 is 19.1 Å². The Balaban J connectivity index is 1.03. The summed E-state index contributed by atoms with van der Waals surface area (Å²) in [6.07, 6.45) is 7.11. The maximum atomic E-state index is 12.9. The maximum Gasteiger partial charge on any atom is 0.410 e. The van der Waals surface area contributed by atoms with Crippen LogP contribution in [0.4, 0.5) is 21.1 Å². The van der Waals surface area contributed by atoms with Gasteiger partial charge in [0.25, 0.3) is 0 Å². The molecule has 0 aliphatic carbocycles. The second-order valence-electron chi connectivity index (χ2n) is 10.2. The number of ether oxygens (including phenoxy) is 2. The zero-order chi connectivity index (χ0) is 26.6. The molecule has 2 aromatic heterocycles. The molecule has 3 saturated heterocycles. The Labute approximate surface area is 227 Å². The van der Waals surface area contributed by atoms with Gasteiger partial charge in [-0.15, -0.1) is 0 Å². The average molecular weight is 532 g/mol. The smallest absolute Gasteiger partial charge is 0.410 e. The van der Waals surface area contributed by atoms with Crippen molar-refractivity contribution in [2.45, 2.75) is 31.6 Å². The minimum atomic E-state index is -0.290. The van der Waals surface area contributed by atoms with E-state index in [4.69, 9.17) is 9.47 Å². The number of hydrogen-bond acceptors (Lipinski definition) is 8. The van der Waals surface area contributed by atoms with E-state index in [1.165, 1.54) is 12.8 Å². The normalized spacial score (nSPS) is 18.1. The number of nitrogens with zero attached hydrogens (tertiary/aromatic N) is 6. The van der Waals surface area contributed by atoms with Gasteiger partial charge in [0.1, 0.15) is 31.1 Å². The predicted octanol–water partition coefficient (Wildman–Crippen LogP) is 3.87. The fraction of sp³-hybridized carbons (Fsp3) is 0.464. The molecule has 0 atom stereocenters. The lowest BCUT2D eigenvalue weighted by molar-refractivity contribution is 0.153. The van der Waals surface area contributed by atoms with Gasteiger partial charge in [-0.3, -0.25) is 0 Å². The Morgan fingerprint density at radius 2 is 1.87 bits per heavy atom. The van der Waals surface area contributed by atoms with E-state index >= 15 is 0 Å². The van der Waals surface area contributed by atoms with Gasteiger partial charge in [0, 0.05) is 43.5 Å². The summed E-state index contributed by atoms with van der Waals surface area (Å²) in [7, 11) is 0. The third kappa shape index (κ3) is 5.67. The Morgan fingerprint density at radius 3 is 2.62 bits per heavy atom. The highest BCUT2D eigenvalue weighted by Crippen LogP contribution is 2.32. The van der Waals surface area contributed by atoms with Crippen LogP contribution in [0, 0.1) is 0 Å². The molecule has 3 aromatic rings. The monoisotopic (exact) mass is 531 g/mol. The van der Waals surface area contributed by atoms with E-state index in [0.717, 1.165) is 48.3 Å². The number of amides is 3. The van der Waals surface area contributed by atoms with Crippen molar-refractivity contribution >= 4 is 34.5 Å². The van der Waals surface area contributed by atoms with Crippen LogP contribution in [0.2, 0.25) is 0 Å². The molecular weight excluding hydrogens is 498 g/mol. The molecule has 1 N–H and O–H groups in total. The molecule has 39 heavy (non-hydrogen) atoms. The van der Waals surface area contributed by atoms with E-state index in [2.05, 4.69) is 25.2 Å². The second kappa shape index (κ2) is 11.3. The molecule has 0 saturated carbocycles. The summed E-state index contributed by atoms with van der Waals surface area (Å²) >= 11 is 0. The van der Waals surface area contributed by atoms with Crippen LogP contribution in [0.15, 0.2) is 42.9 Å². The average Bonchev–Trinajstić information content (AvgIpc) is 3.65. The highest BCUT2D eigenvalue weighted by atomic mass is 16.6. The van der Waals surface area contributed by atoms with Crippen molar-refractivity contribution in [2.75, 3.05) is 62.7 Å². The number of cyclic esters (lactones) is 1. The number of aromatic nitrogens is 3. The first-order chi connectivity index (χ1) is 19.1. The van der Waals surface area contributed by atoms with Gasteiger partial charge in [0.05, 0.1) is 36.2 Å². The van der Waals surface area contributed by atoms with Gasteiger partial charge in [0.15, 0.2) is 0 Å². The summed E-state index contributed by atoms with van der Waals surface area (Å²) in [6, 6.07) is 9.64. The number of fused-ring (bicyclic) bond motifs is 1. The number of urea groups is 1. The largest absolute Gasteiger partial charge is 0.492 e. The van der Waals surface area contributed by atoms with Crippen molar-refractivity contribution in [3.8, 4) is 5.75 Å². The van der Waals surface area contributed by atoms with E-state index < -0.39 is 0 Å². The Hall–Kier alpha value is -4.15. The summed E-state index contributed by atoms with van der Waals surface area (Å²) in [4.78, 5) is 43.8. The van der Waals surface area contributed by atoms with Crippen molar-refractivity contribution in [1.82, 2.24) is 24.8 Å². The molecule has 0 spiro atoms. The summed E-state index contributed by atoms with van der Waals surface area (Å²) < 4.78 is 10.8. The Morgan fingerprint density at radius 1 is 1.03 bits per heavy atom. The van der Waals surface area contributed by atoms with Crippen LogP contribution in [0.5, 0.6) is 5.75 Å². The van der Waals surface area contributed by atoms with E-state index in [-0.39, 0.29) is 18.0 Å². The molecule has 0 unspecified atom stereocenters. The quantitative estimate of drug-likeness (QED) is 0.489. The Bertz CT molecular complexity index is 1320. The van der Waals surface area contributed by atoms with E-state index in [9.17, 15) is 9.59 Å². The summed E-state index contributed by atoms with van der Waals surface area (Å²) in [5.41, 5.74) is 2.54. The van der Waals surface area contributed by atoms with Gasteiger partial charge in [-0.2, -0.15) is 0 Å². The minimum Gasteiger partial charge on any atom is -0.492 e. The fourth-order valence-electron chi connectivity index (χ4n) is 5.53. The van der Waals surface area contributed by atoms with Crippen molar-refractivity contribution in [1.29, 1.82) is 0 Å². The molecule has 0 bridgehead atoms. The number of carbonyl (C=O) groups excluding carboxylic acids is 2. The van der Waals surface area contributed by atoms with Crippen molar-refractivity contribution in [2.24, 2.45) is 0 Å². The van der Waals surface area contributed by atoms with Crippen LogP contribution < -0.4 is 15.0 Å². The van der Waals surface area contributed by atoms with Crippen molar-refractivity contribution in [3.63, 3.8) is 0 Å². The maximum absolute atomic E-state index is 12.9. The van der Waals surface area contributed by atoms with Gasteiger partial charge < -0.3 is 29.5 Å². The predicted molar refractivity (Wildman–Crippen MR) is 146 cm³/mol. The summed E-state index contributed by atoms with van der Waals surface area (Å²) in [5, 5.41) is 3.99. The van der Waals surface area contributed by atoms with Gasteiger partial charge in [-0.05, 0) is 49.9 Å². The van der Waals surface area contributed by atoms with E-state index in [1.54, 1.807) is 17.4 Å². The van der Waals surface area contributed by atoms with Crippen LogP contribution in [0.25, 0.3) is 10.9 Å². The SMILES string of the molecule is O=C(Nc1ccc(N2CCCC2)nc1)N1CCC(c2ncnc3cc(OCCN4CCOC4=O)ccc23)CC1. The molecule has 6 rings (SSSR count). The zero-order valence-corrected chi connectivity index (χ0v) is 21.9. The lowest BCUT2D eigenvalue weighted by Crippen LogP contribution is -2.40. The topological polar surface area (TPSA) is 113 Å². The number of pyridine rings is 1. The second-order valence-corrected chi connectivity index (χ2v) is 10.2. The van der Waals surface area contributed by atoms with Gasteiger partial charge in [-0.1, -0.05) is 0 Å². The lowest BCUT2D eigenvalue weighted by atomic mass is 9.91. The lowest BCUT2D eigenvalue weighted by Gasteiger charge is -2.32. The Kier molecular flexibility index (Phi) is 7.29. The third-order valence-electron chi connectivity index (χ3n) is 7.71. The fourth-order valence-corrected chi connectivity index (χ4v) is 5.53. The standard InChI is InChI=1S/C28H33N7O4/c36-27(32-21-3-6-25(29-18-21)33-9-1-2-10-33)34-11-7-20(8-12-34)26-23-5-4-22(17-24(23)30-19-31-26)38-15-13-35-14-16-39-28(35)37/h3-6,17-20H,1-2,7-16H2,(H,32,36). The molecule has 3 amide bonds. The number of piperidine rings is 1. The number of benzene rings is 1. The molecule has 3 aliphatic heterocycles. The minimum absolute atomic E-state index is 0.0966. The van der Waals surface area contributed by atoms with Gasteiger partial charge in [0.2, 0.25) is 0 Å². The summed E-state index contributed by atoms with van der Waals surface area (Å²) in [6.45, 7) is 5.30. The number of hydrogen-bond donors (Lipinski definition) is 1. The third-order valence-corrected chi connectivity index (χ3v) is 7.71. The van der Waals surface area contributed by atoms with E-state index in [0.29, 0.717) is 50.8 Å². The number of likely N-dealkylation sites (tertiary alicyclic amines) is 1. The number of anilines is 2. The zero-order valence-electron chi connectivity index (χ0n) is 21.9. The van der Waals surface area contributed by atoms with E-state index in [1.807, 2.05) is 35.2 Å². The number of rotatable bonds is 7. The number of nitrogens with one attached hydrogen (secondary N) is 1. The van der Waals surface area contributed by atoms with Crippen LogP contribution in [0.1, 0.15) is 37.3 Å². The first kappa shape index (κ1) is 25.1. The molecule has 11 heteroatoms. The number of carbonyl (C=O) groups is 2. The first-order valence-electron chi connectivity index (χ1n) is 13.7. The van der Waals surface area contributed by atoms with Gasteiger partial charge >= 0.3 is 12.1 Å². The molecule has 0 radical (unpaired) electrons. The van der Waals surface area contributed by atoms with Crippen LogP contribution in [-0.4, -0.2) is 89.4 Å². The molecule has 1 aromatic carbocycles. The molecule has 5 heterocycles. The van der Waals surface area contributed by atoms with Crippen LogP contribution in [0.3, 0.4) is 0 Å². The first-order valence-corrected chi connectivity index (χ1v) is 13.7. The van der Waals surface area contributed by atoms with Crippen LogP contribution >= 0.6 is 0 Å². The highest BCUT2D eigenvalue weighted by Gasteiger charge is 2.26. The molecule has 3 fully saturated rings. The molecule has 204 valence electrons. The summed E-state index contributed by atoms with van der Waals surface area (Å²) in [5.74, 6) is 1.92. The van der Waals surface area contributed by atoms with Gasteiger partial charge in [-0.25, -0.2) is 24.5 Å². The highest BCUT2D eigenvalue weighted by molar-refractivity contribution is 5.89. The molecule has 11 nitrogen and oxygen atoms in total. The van der Waals surface area contributed by atoms with Crippen LogP contribution in [-0.2, 0) is 4.74 Å².